The monoisotopic (exact) mass is 336 g/mol. The van der Waals surface area contributed by atoms with E-state index in [1.165, 1.54) is 4.90 Å². The highest BCUT2D eigenvalue weighted by Crippen LogP contribution is 2.27. The molecule has 2 atom stereocenters. The van der Waals surface area contributed by atoms with Crippen molar-refractivity contribution in [1.29, 1.82) is 0 Å². The van der Waals surface area contributed by atoms with Crippen LogP contribution in [0.15, 0.2) is 59.6 Å². The zero-order chi connectivity index (χ0) is 18.0. The molecule has 0 saturated carbocycles. The van der Waals surface area contributed by atoms with Crippen LogP contribution in [0.2, 0.25) is 0 Å². The van der Waals surface area contributed by atoms with Crippen molar-refractivity contribution < 1.29 is 9.59 Å². The van der Waals surface area contributed by atoms with E-state index in [0.29, 0.717) is 5.71 Å². The maximum Gasteiger partial charge on any atom is 0.272 e. The molecule has 128 valence electrons. The van der Waals surface area contributed by atoms with Gasteiger partial charge in [-0.05, 0) is 13.0 Å². The fraction of sp³-hybridized carbons (Fsp3) is 0.211. The first kappa shape index (κ1) is 16.9. The molecule has 1 unspecified atom stereocenters. The Kier molecular flexibility index (Phi) is 4.63. The Morgan fingerprint density at radius 2 is 1.80 bits per heavy atom. The van der Waals surface area contributed by atoms with E-state index >= 15 is 0 Å². The number of carbonyl (C=O) groups is 2. The van der Waals surface area contributed by atoms with Crippen LogP contribution < -0.4 is 16.0 Å². The van der Waals surface area contributed by atoms with E-state index in [1.54, 1.807) is 14.0 Å². The summed E-state index contributed by atoms with van der Waals surface area (Å²) in [6, 6.07) is 16.4. The number of benzene rings is 2. The first-order chi connectivity index (χ1) is 12.0. The lowest BCUT2D eigenvalue weighted by Gasteiger charge is -2.21. The Balaban J connectivity index is 2.14. The summed E-state index contributed by atoms with van der Waals surface area (Å²) in [5.41, 5.74) is 8.72. The van der Waals surface area contributed by atoms with Gasteiger partial charge in [-0.1, -0.05) is 48.5 Å². The Labute approximate surface area is 146 Å². The molecule has 0 bridgehead atoms. The number of anilines is 1. The van der Waals surface area contributed by atoms with Crippen molar-refractivity contribution in [3.63, 3.8) is 0 Å². The van der Waals surface area contributed by atoms with Crippen molar-refractivity contribution in [2.45, 2.75) is 19.1 Å². The smallest absolute Gasteiger partial charge is 0.272 e. The van der Waals surface area contributed by atoms with Crippen molar-refractivity contribution in [2.75, 3.05) is 11.9 Å². The number of rotatable bonds is 3. The maximum atomic E-state index is 12.8. The Bertz CT molecular complexity index is 830. The number of carbonyl (C=O) groups excluding carboxylic acids is 2. The minimum Gasteiger partial charge on any atom is -0.325 e. The zero-order valence-corrected chi connectivity index (χ0v) is 14.1. The standard InChI is InChI=1S/C19H20N4O2/c1-12(20)18(24)22-17-19(25)23(2)15-11-7-6-10-14(15)16(21-17)13-8-4-3-5-9-13/h3-12,17H,20H2,1-2H3,(H,22,24)/t12-,17?/m0/s1. The molecule has 1 heterocycles. The largest absolute Gasteiger partial charge is 0.325 e. The third-order valence-electron chi connectivity index (χ3n) is 4.08. The second-order valence-corrected chi connectivity index (χ2v) is 5.96. The molecule has 2 aromatic rings. The third kappa shape index (κ3) is 3.29. The van der Waals surface area contributed by atoms with Crippen molar-refractivity contribution in [3.05, 3.63) is 65.7 Å². The van der Waals surface area contributed by atoms with Crippen molar-refractivity contribution in [3.8, 4) is 0 Å². The van der Waals surface area contributed by atoms with Crippen molar-refractivity contribution in [2.24, 2.45) is 10.7 Å². The molecule has 0 aromatic heterocycles. The molecule has 0 radical (unpaired) electrons. The highest BCUT2D eigenvalue weighted by atomic mass is 16.2. The van der Waals surface area contributed by atoms with E-state index in [9.17, 15) is 9.59 Å². The summed E-state index contributed by atoms with van der Waals surface area (Å²) in [6.07, 6.45) is -1.02. The van der Waals surface area contributed by atoms with Gasteiger partial charge in [0.15, 0.2) is 0 Å². The van der Waals surface area contributed by atoms with Crippen LogP contribution in [0.1, 0.15) is 18.1 Å². The fourth-order valence-corrected chi connectivity index (χ4v) is 2.71. The van der Waals surface area contributed by atoms with Gasteiger partial charge in [0.25, 0.3) is 5.91 Å². The minimum atomic E-state index is -1.02. The average molecular weight is 336 g/mol. The van der Waals surface area contributed by atoms with E-state index in [-0.39, 0.29) is 5.91 Å². The topological polar surface area (TPSA) is 87.8 Å². The lowest BCUT2D eigenvalue weighted by atomic mass is 10.0. The number of benzodiazepines with no additional fused rings is 1. The van der Waals surface area contributed by atoms with Crippen molar-refractivity contribution in [1.82, 2.24) is 5.32 Å². The van der Waals surface area contributed by atoms with Crippen LogP contribution in [0.25, 0.3) is 0 Å². The normalized spacial score (nSPS) is 18.0. The molecule has 0 spiro atoms. The van der Waals surface area contributed by atoms with Crippen LogP contribution in [0.4, 0.5) is 5.69 Å². The number of nitrogens with two attached hydrogens (primary N) is 1. The number of hydrogen-bond donors (Lipinski definition) is 2. The zero-order valence-electron chi connectivity index (χ0n) is 14.1. The second kappa shape index (κ2) is 6.86. The predicted molar refractivity (Wildman–Crippen MR) is 97.5 cm³/mol. The number of nitrogens with zero attached hydrogens (tertiary/aromatic N) is 2. The highest BCUT2D eigenvalue weighted by molar-refractivity contribution is 6.20. The maximum absolute atomic E-state index is 12.8. The number of fused-ring (bicyclic) bond motifs is 1. The number of hydrogen-bond acceptors (Lipinski definition) is 4. The number of amides is 2. The van der Waals surface area contributed by atoms with E-state index in [2.05, 4.69) is 10.3 Å². The summed E-state index contributed by atoms with van der Waals surface area (Å²) in [5, 5.41) is 2.63. The Morgan fingerprint density at radius 3 is 2.48 bits per heavy atom. The van der Waals surface area contributed by atoms with E-state index < -0.39 is 18.1 Å². The van der Waals surface area contributed by atoms with Gasteiger partial charge in [0.2, 0.25) is 12.1 Å². The van der Waals surface area contributed by atoms with Gasteiger partial charge >= 0.3 is 0 Å². The molecule has 6 heteroatoms. The Morgan fingerprint density at radius 1 is 1.16 bits per heavy atom. The van der Waals surface area contributed by atoms with Crippen LogP contribution in [-0.4, -0.2) is 36.8 Å². The quantitative estimate of drug-likeness (QED) is 0.885. The van der Waals surface area contributed by atoms with Gasteiger partial charge in [-0.3, -0.25) is 9.59 Å². The highest BCUT2D eigenvalue weighted by Gasteiger charge is 2.31. The summed E-state index contributed by atoms with van der Waals surface area (Å²) < 4.78 is 0. The van der Waals surface area contributed by atoms with Crippen LogP contribution >= 0.6 is 0 Å². The molecule has 0 fully saturated rings. The molecule has 0 saturated heterocycles. The molecular weight excluding hydrogens is 316 g/mol. The van der Waals surface area contributed by atoms with Crippen LogP contribution in [0.5, 0.6) is 0 Å². The van der Waals surface area contributed by atoms with Gasteiger partial charge in [0.1, 0.15) is 0 Å². The van der Waals surface area contributed by atoms with Crippen molar-refractivity contribution >= 4 is 23.2 Å². The lowest BCUT2D eigenvalue weighted by molar-refractivity contribution is -0.127. The molecule has 1 aliphatic rings. The molecule has 1 aliphatic heterocycles. The van der Waals surface area contributed by atoms with Gasteiger partial charge in [0, 0.05) is 18.2 Å². The van der Waals surface area contributed by atoms with Gasteiger partial charge < -0.3 is 16.0 Å². The van der Waals surface area contributed by atoms with Gasteiger partial charge in [-0.15, -0.1) is 0 Å². The first-order valence-electron chi connectivity index (χ1n) is 8.05. The molecule has 3 rings (SSSR count). The molecule has 2 aromatic carbocycles. The number of aliphatic imine (C=N–C) groups is 1. The van der Waals surface area contributed by atoms with Gasteiger partial charge in [0.05, 0.1) is 17.4 Å². The molecule has 3 N–H and O–H groups in total. The second-order valence-electron chi connectivity index (χ2n) is 5.96. The number of para-hydroxylation sites is 1. The van der Waals surface area contributed by atoms with Crippen LogP contribution in [0.3, 0.4) is 0 Å². The molecule has 25 heavy (non-hydrogen) atoms. The molecule has 2 amide bonds. The summed E-state index contributed by atoms with van der Waals surface area (Å²) in [4.78, 5) is 30.9. The molecule has 0 aliphatic carbocycles. The molecule has 6 nitrogen and oxygen atoms in total. The number of likely N-dealkylation sites (N-methyl/N-ethyl adjacent to an activating group) is 1. The average Bonchev–Trinajstić information content (AvgIpc) is 2.73. The van der Waals surface area contributed by atoms with Crippen LogP contribution in [0, 0.1) is 0 Å². The predicted octanol–water partition coefficient (Wildman–Crippen LogP) is 1.29. The first-order valence-corrected chi connectivity index (χ1v) is 8.05. The summed E-state index contributed by atoms with van der Waals surface area (Å²) in [5.74, 6) is -0.735. The van der Waals surface area contributed by atoms with E-state index in [1.807, 2.05) is 54.6 Å². The minimum absolute atomic E-state index is 0.313. The Hall–Kier alpha value is -2.99. The lowest BCUT2D eigenvalue weighted by Crippen LogP contribution is -2.50. The fourth-order valence-electron chi connectivity index (χ4n) is 2.71. The van der Waals surface area contributed by atoms with E-state index in [0.717, 1.165) is 16.8 Å². The van der Waals surface area contributed by atoms with Gasteiger partial charge in [-0.25, -0.2) is 4.99 Å². The summed E-state index contributed by atoms with van der Waals surface area (Å²) in [6.45, 7) is 1.57. The summed E-state index contributed by atoms with van der Waals surface area (Å²) >= 11 is 0. The summed E-state index contributed by atoms with van der Waals surface area (Å²) in [7, 11) is 1.68. The van der Waals surface area contributed by atoms with Crippen LogP contribution in [-0.2, 0) is 9.59 Å². The number of nitrogens with one attached hydrogen (secondary N) is 1. The van der Waals surface area contributed by atoms with E-state index in [4.69, 9.17) is 5.73 Å². The van der Waals surface area contributed by atoms with Gasteiger partial charge in [-0.2, -0.15) is 0 Å². The molecular formula is C19H20N4O2. The SMILES string of the molecule is C[C@H](N)C(=O)NC1N=C(c2ccccc2)c2ccccc2N(C)C1=O. The third-order valence-corrected chi connectivity index (χ3v) is 4.08.